The van der Waals surface area contributed by atoms with Crippen LogP contribution in [0, 0.1) is 11.8 Å². The molecule has 0 atom stereocenters. The summed E-state index contributed by atoms with van der Waals surface area (Å²) >= 11 is 11.8. The Morgan fingerprint density at radius 3 is 2.23 bits per heavy atom. The smallest absolute Gasteiger partial charge is 0.130 e. The van der Waals surface area contributed by atoms with E-state index in [1.54, 1.807) is 20.0 Å². The molecule has 22 heavy (non-hydrogen) atoms. The van der Waals surface area contributed by atoms with Gasteiger partial charge in [-0.25, -0.2) is 0 Å². The quantitative estimate of drug-likeness (QED) is 0.572. The van der Waals surface area contributed by atoms with E-state index in [0.29, 0.717) is 28.6 Å². The molecule has 1 aromatic rings. The molecule has 1 rings (SSSR count). The number of nitrogens with zero attached hydrogens (tertiary/aromatic N) is 2. The highest BCUT2D eigenvalue weighted by Crippen LogP contribution is 2.20. The van der Waals surface area contributed by atoms with Gasteiger partial charge in [0.05, 0.1) is 15.8 Å². The molecule has 1 heterocycles. The van der Waals surface area contributed by atoms with Crippen LogP contribution in [0.4, 0.5) is 0 Å². The second kappa shape index (κ2) is 12.2. The molecule has 0 spiro atoms. The van der Waals surface area contributed by atoms with Crippen LogP contribution >= 0.6 is 23.2 Å². The molecule has 0 amide bonds. The lowest BCUT2D eigenvalue weighted by Gasteiger charge is -2.06. The zero-order chi connectivity index (χ0) is 17.0. The van der Waals surface area contributed by atoms with Gasteiger partial charge < -0.3 is 4.79 Å². The highest BCUT2D eigenvalue weighted by Gasteiger charge is 2.10. The molecule has 0 fully saturated rings. The van der Waals surface area contributed by atoms with Crippen LogP contribution in [0.5, 0.6) is 0 Å². The van der Waals surface area contributed by atoms with Crippen LogP contribution in [0.3, 0.4) is 0 Å². The Morgan fingerprint density at radius 2 is 1.82 bits per heavy atom. The number of hydrogen-bond acceptors (Lipinski definition) is 3. The minimum atomic E-state index is 0.117. The van der Waals surface area contributed by atoms with Crippen molar-refractivity contribution in [3.63, 3.8) is 0 Å². The summed E-state index contributed by atoms with van der Waals surface area (Å²) in [5.74, 6) is 6.01. The molecule has 0 radical (unpaired) electrons. The van der Waals surface area contributed by atoms with Crippen LogP contribution in [0.25, 0.3) is 0 Å². The van der Waals surface area contributed by atoms with Gasteiger partial charge in [-0.05, 0) is 19.4 Å². The molecule has 0 aliphatic carbocycles. The largest absolute Gasteiger partial charge is 0.300 e. The number of aliphatic imine (C=N–C) groups is 1. The standard InChI is InChI=1S/C11H12Cl2N2O.C6H10/c1-7(16)3-4-10(14-2)11-9(13)5-8(12)6-15-11;1-3-5-6-4-2/h5-6H,3-4H2,1-2H3;3-4H2,1-2H3. The number of halogens is 2. The molecule has 0 unspecified atom stereocenters. The minimum absolute atomic E-state index is 0.117. The summed E-state index contributed by atoms with van der Waals surface area (Å²) in [6.45, 7) is 5.66. The number of carbonyl (C=O) groups is 1. The predicted molar refractivity (Wildman–Crippen MR) is 95.0 cm³/mol. The van der Waals surface area contributed by atoms with Gasteiger partial charge in [-0.1, -0.05) is 37.0 Å². The number of hydrogen-bond donors (Lipinski definition) is 0. The maximum absolute atomic E-state index is 10.9. The van der Waals surface area contributed by atoms with E-state index in [9.17, 15) is 4.79 Å². The number of Topliss-reactive ketones (excluding diaryl/α,β-unsaturated/α-hetero) is 1. The Labute approximate surface area is 143 Å². The topological polar surface area (TPSA) is 42.3 Å². The fourth-order valence-corrected chi connectivity index (χ4v) is 2.00. The maximum atomic E-state index is 10.9. The minimum Gasteiger partial charge on any atom is -0.300 e. The van der Waals surface area contributed by atoms with Gasteiger partial charge in [-0.3, -0.25) is 9.98 Å². The van der Waals surface area contributed by atoms with Crippen LogP contribution in [-0.2, 0) is 4.79 Å². The van der Waals surface area contributed by atoms with Gasteiger partial charge in [0, 0.05) is 32.5 Å². The molecule has 1 aromatic heterocycles. The third-order valence-electron chi connectivity index (χ3n) is 2.54. The van der Waals surface area contributed by atoms with Gasteiger partial charge >= 0.3 is 0 Å². The van der Waals surface area contributed by atoms with E-state index >= 15 is 0 Å². The molecule has 0 aliphatic heterocycles. The van der Waals surface area contributed by atoms with Crippen LogP contribution in [0.1, 0.15) is 52.1 Å². The second-order valence-corrected chi connectivity index (χ2v) is 5.26. The van der Waals surface area contributed by atoms with Crippen LogP contribution in [-0.4, -0.2) is 23.5 Å². The number of ketones is 1. The highest BCUT2D eigenvalue weighted by atomic mass is 35.5. The maximum Gasteiger partial charge on any atom is 0.130 e. The normalized spacial score (nSPS) is 10.2. The van der Waals surface area contributed by atoms with Crippen molar-refractivity contribution in [1.29, 1.82) is 0 Å². The van der Waals surface area contributed by atoms with Crippen LogP contribution in [0.15, 0.2) is 17.3 Å². The lowest BCUT2D eigenvalue weighted by Crippen LogP contribution is -2.07. The fourth-order valence-electron chi connectivity index (χ4n) is 1.51. The lowest BCUT2D eigenvalue weighted by atomic mass is 10.1. The first kappa shape index (κ1) is 20.6. The summed E-state index contributed by atoms with van der Waals surface area (Å²) in [5.41, 5.74) is 1.31. The molecule has 3 nitrogen and oxygen atoms in total. The van der Waals surface area contributed by atoms with Gasteiger partial charge in [0.25, 0.3) is 0 Å². The summed E-state index contributed by atoms with van der Waals surface area (Å²) < 4.78 is 0. The van der Waals surface area contributed by atoms with E-state index in [-0.39, 0.29) is 5.78 Å². The molecule has 0 saturated carbocycles. The highest BCUT2D eigenvalue weighted by molar-refractivity contribution is 6.36. The molecule has 0 bridgehead atoms. The van der Waals surface area contributed by atoms with E-state index in [1.807, 2.05) is 0 Å². The summed E-state index contributed by atoms with van der Waals surface area (Å²) in [6.07, 6.45) is 4.48. The molecular weight excluding hydrogens is 319 g/mol. The second-order valence-electron chi connectivity index (χ2n) is 4.42. The van der Waals surface area contributed by atoms with E-state index < -0.39 is 0 Å². The summed E-state index contributed by atoms with van der Waals surface area (Å²) in [5, 5.41) is 0.937. The van der Waals surface area contributed by atoms with Crippen LogP contribution in [0.2, 0.25) is 10.0 Å². The van der Waals surface area contributed by atoms with Crippen molar-refractivity contribution in [2.24, 2.45) is 4.99 Å². The first-order chi connectivity index (χ1) is 10.5. The van der Waals surface area contributed by atoms with Gasteiger partial charge in [0.2, 0.25) is 0 Å². The zero-order valence-corrected chi connectivity index (χ0v) is 15.1. The van der Waals surface area contributed by atoms with Crippen molar-refractivity contribution >= 4 is 34.7 Å². The molecule has 0 N–H and O–H groups in total. The molecule has 0 saturated heterocycles. The number of aromatic nitrogens is 1. The van der Waals surface area contributed by atoms with Crippen molar-refractivity contribution in [3.05, 3.63) is 28.0 Å². The Bertz CT molecular complexity index is 564. The third-order valence-corrected chi connectivity index (χ3v) is 3.04. The van der Waals surface area contributed by atoms with Gasteiger partial charge in [0.15, 0.2) is 0 Å². The van der Waals surface area contributed by atoms with Gasteiger partial charge in [-0.2, -0.15) is 0 Å². The molecule has 0 aliphatic rings. The van der Waals surface area contributed by atoms with Crippen molar-refractivity contribution < 1.29 is 4.79 Å². The summed E-state index contributed by atoms with van der Waals surface area (Å²) in [6, 6.07) is 1.62. The van der Waals surface area contributed by atoms with E-state index in [1.165, 1.54) is 6.20 Å². The monoisotopic (exact) mass is 340 g/mol. The zero-order valence-electron chi connectivity index (χ0n) is 13.5. The van der Waals surface area contributed by atoms with Crippen molar-refractivity contribution in [2.45, 2.75) is 46.5 Å². The van der Waals surface area contributed by atoms with Crippen molar-refractivity contribution in [1.82, 2.24) is 4.98 Å². The molecular formula is C17H22Cl2N2O. The van der Waals surface area contributed by atoms with E-state index in [2.05, 4.69) is 35.7 Å². The average Bonchev–Trinajstić information content (AvgIpc) is 2.47. The lowest BCUT2D eigenvalue weighted by molar-refractivity contribution is -0.116. The van der Waals surface area contributed by atoms with Gasteiger partial charge in [0.1, 0.15) is 11.5 Å². The predicted octanol–water partition coefficient (Wildman–Crippen LogP) is 4.99. The Hall–Kier alpha value is -1.37. The van der Waals surface area contributed by atoms with Gasteiger partial charge in [-0.15, -0.1) is 11.8 Å². The number of carbonyl (C=O) groups excluding carboxylic acids is 1. The summed E-state index contributed by atoms with van der Waals surface area (Å²) in [4.78, 5) is 19.1. The Kier molecular flexibility index (Phi) is 11.4. The number of rotatable bonds is 4. The van der Waals surface area contributed by atoms with E-state index in [0.717, 1.165) is 18.6 Å². The average molecular weight is 341 g/mol. The first-order valence-corrected chi connectivity index (χ1v) is 7.94. The third kappa shape index (κ3) is 8.81. The Balaban J connectivity index is 0.000000626. The first-order valence-electron chi connectivity index (χ1n) is 7.18. The molecule has 0 aromatic carbocycles. The van der Waals surface area contributed by atoms with Crippen LogP contribution < -0.4 is 0 Å². The van der Waals surface area contributed by atoms with Crippen molar-refractivity contribution in [3.8, 4) is 11.8 Å². The SMILES string of the molecule is CCC#CCC.CN=C(CCC(C)=O)c1ncc(Cl)cc1Cl. The fraction of sp³-hybridized carbons (Fsp3) is 0.471. The number of pyridine rings is 1. The molecule has 120 valence electrons. The van der Waals surface area contributed by atoms with Crippen molar-refractivity contribution in [2.75, 3.05) is 7.05 Å². The summed E-state index contributed by atoms with van der Waals surface area (Å²) in [7, 11) is 1.65. The molecule has 5 heteroatoms. The van der Waals surface area contributed by atoms with E-state index in [4.69, 9.17) is 23.2 Å². The Morgan fingerprint density at radius 1 is 1.23 bits per heavy atom.